The van der Waals surface area contributed by atoms with Crippen LogP contribution in [0.15, 0.2) is 24.3 Å². The molecule has 0 aromatic rings. The van der Waals surface area contributed by atoms with E-state index >= 15 is 0 Å². The summed E-state index contributed by atoms with van der Waals surface area (Å²) in [5.74, 6) is -0.924. The van der Waals surface area contributed by atoms with E-state index in [1.165, 1.54) is 89.9 Å². The van der Waals surface area contributed by atoms with Crippen LogP contribution in [0.3, 0.4) is 0 Å². The van der Waals surface area contributed by atoms with Gasteiger partial charge in [0.2, 0.25) is 0 Å². The molecule has 0 aromatic heterocycles. The highest BCUT2D eigenvalue weighted by molar-refractivity contribution is 5.71. The minimum absolute atomic E-state index is 0.0814. The average molecular weight is 663 g/mol. The zero-order valence-corrected chi connectivity index (χ0v) is 31.0. The van der Waals surface area contributed by atoms with Crippen molar-refractivity contribution in [2.24, 2.45) is 0 Å². The Kier molecular flexibility index (Phi) is 35.1. The lowest BCUT2D eigenvalue weighted by Gasteiger charge is -2.18. The standard InChI is InChI=1S/C41H74O6/c1-4-7-10-13-16-19-20-23-25-28-31-34-40(43)46-37-38(47-41(44)35-32-29-26-22-18-15-12-9-6-3)36-45-39(42)33-30-27-24-21-17-14-11-8-5-2/h9,12,18,22,38H,4-8,10-11,13-17,19-21,23-37H2,1-3H3/b12-9-,22-18-. The van der Waals surface area contributed by atoms with Crippen LogP contribution < -0.4 is 0 Å². The van der Waals surface area contributed by atoms with Gasteiger partial charge in [-0.1, -0.05) is 161 Å². The molecule has 47 heavy (non-hydrogen) atoms. The van der Waals surface area contributed by atoms with Crippen LogP contribution in [0.25, 0.3) is 0 Å². The van der Waals surface area contributed by atoms with Crippen molar-refractivity contribution in [3.05, 3.63) is 24.3 Å². The number of rotatable bonds is 35. The normalized spacial score (nSPS) is 12.1. The average Bonchev–Trinajstić information content (AvgIpc) is 3.06. The van der Waals surface area contributed by atoms with Crippen molar-refractivity contribution in [1.29, 1.82) is 0 Å². The fraction of sp³-hybridized carbons (Fsp3) is 0.829. The Balaban J connectivity index is 4.38. The second-order valence-electron chi connectivity index (χ2n) is 13.2. The highest BCUT2D eigenvalue weighted by atomic mass is 16.6. The number of carbonyl (C=O) groups is 3. The number of hydrogen-bond donors (Lipinski definition) is 0. The number of allylic oxidation sites excluding steroid dienone is 4. The van der Waals surface area contributed by atoms with Gasteiger partial charge in [0.15, 0.2) is 6.10 Å². The summed E-state index contributed by atoms with van der Waals surface area (Å²) >= 11 is 0. The van der Waals surface area contributed by atoms with Crippen LogP contribution >= 0.6 is 0 Å². The smallest absolute Gasteiger partial charge is 0.306 e. The molecule has 0 saturated heterocycles. The van der Waals surface area contributed by atoms with Gasteiger partial charge in [-0.25, -0.2) is 0 Å². The van der Waals surface area contributed by atoms with Gasteiger partial charge in [-0.3, -0.25) is 14.4 Å². The van der Waals surface area contributed by atoms with Crippen molar-refractivity contribution in [1.82, 2.24) is 0 Å². The van der Waals surface area contributed by atoms with Crippen LogP contribution in [-0.2, 0) is 28.6 Å². The molecule has 6 heteroatoms. The maximum Gasteiger partial charge on any atom is 0.306 e. The molecule has 0 N–H and O–H groups in total. The molecule has 0 radical (unpaired) electrons. The van der Waals surface area contributed by atoms with Crippen molar-refractivity contribution in [3.63, 3.8) is 0 Å². The highest BCUT2D eigenvalue weighted by Crippen LogP contribution is 2.14. The lowest BCUT2D eigenvalue weighted by Crippen LogP contribution is -2.30. The molecule has 0 aliphatic rings. The minimum atomic E-state index is -0.777. The molecular formula is C41H74O6. The van der Waals surface area contributed by atoms with Crippen molar-refractivity contribution in [3.8, 4) is 0 Å². The van der Waals surface area contributed by atoms with E-state index in [-0.39, 0.29) is 31.1 Å². The zero-order chi connectivity index (χ0) is 34.5. The van der Waals surface area contributed by atoms with E-state index in [0.717, 1.165) is 70.6 Å². The molecule has 0 bridgehead atoms. The fourth-order valence-electron chi connectivity index (χ4n) is 5.48. The summed E-state index contributed by atoms with van der Waals surface area (Å²) in [7, 11) is 0. The number of hydrogen-bond acceptors (Lipinski definition) is 6. The predicted molar refractivity (Wildman–Crippen MR) is 196 cm³/mol. The second-order valence-corrected chi connectivity index (χ2v) is 13.2. The van der Waals surface area contributed by atoms with Crippen molar-refractivity contribution >= 4 is 17.9 Å². The maximum absolute atomic E-state index is 12.6. The van der Waals surface area contributed by atoms with Crippen LogP contribution in [0.5, 0.6) is 0 Å². The summed E-state index contributed by atoms with van der Waals surface area (Å²) in [6, 6.07) is 0. The number of ether oxygens (including phenoxy) is 3. The van der Waals surface area contributed by atoms with E-state index < -0.39 is 6.10 Å². The van der Waals surface area contributed by atoms with Gasteiger partial charge in [-0.15, -0.1) is 0 Å². The molecule has 0 rings (SSSR count). The molecule has 274 valence electrons. The molecule has 0 amide bonds. The predicted octanol–water partition coefficient (Wildman–Crippen LogP) is 12.1. The first-order valence-electron chi connectivity index (χ1n) is 19.8. The third-order valence-corrected chi connectivity index (χ3v) is 8.47. The Morgan fingerprint density at radius 3 is 1.28 bits per heavy atom. The minimum Gasteiger partial charge on any atom is -0.462 e. The van der Waals surface area contributed by atoms with E-state index in [2.05, 4.69) is 45.1 Å². The summed E-state index contributed by atoms with van der Waals surface area (Å²) in [5, 5.41) is 0. The zero-order valence-electron chi connectivity index (χ0n) is 31.0. The van der Waals surface area contributed by atoms with E-state index in [1.54, 1.807) is 0 Å². The van der Waals surface area contributed by atoms with Crippen molar-refractivity contribution in [2.75, 3.05) is 13.2 Å². The summed E-state index contributed by atoms with van der Waals surface area (Å²) in [4.78, 5) is 37.3. The largest absolute Gasteiger partial charge is 0.462 e. The summed E-state index contributed by atoms with van der Waals surface area (Å²) < 4.78 is 16.5. The van der Waals surface area contributed by atoms with Gasteiger partial charge in [0.1, 0.15) is 13.2 Å². The first-order valence-corrected chi connectivity index (χ1v) is 19.8. The number of carbonyl (C=O) groups excluding carboxylic acids is 3. The molecule has 6 nitrogen and oxygen atoms in total. The summed E-state index contributed by atoms with van der Waals surface area (Å²) in [6.45, 7) is 6.44. The third-order valence-electron chi connectivity index (χ3n) is 8.47. The van der Waals surface area contributed by atoms with Crippen LogP contribution in [-0.4, -0.2) is 37.2 Å². The molecule has 0 aliphatic heterocycles. The summed E-state index contributed by atoms with van der Waals surface area (Å²) in [6.07, 6.45) is 37.4. The molecule has 0 heterocycles. The molecule has 0 spiro atoms. The Morgan fingerprint density at radius 1 is 0.447 bits per heavy atom. The molecule has 1 unspecified atom stereocenters. The van der Waals surface area contributed by atoms with E-state index in [1.807, 2.05) is 0 Å². The van der Waals surface area contributed by atoms with Gasteiger partial charge in [0.25, 0.3) is 0 Å². The third kappa shape index (κ3) is 35.0. The van der Waals surface area contributed by atoms with E-state index in [4.69, 9.17) is 14.2 Å². The number of unbranched alkanes of at least 4 members (excludes halogenated alkanes) is 20. The van der Waals surface area contributed by atoms with Crippen LogP contribution in [0.2, 0.25) is 0 Å². The van der Waals surface area contributed by atoms with E-state index in [0.29, 0.717) is 19.3 Å². The summed E-state index contributed by atoms with van der Waals surface area (Å²) in [5.41, 5.74) is 0. The van der Waals surface area contributed by atoms with Crippen LogP contribution in [0.1, 0.15) is 201 Å². The van der Waals surface area contributed by atoms with Gasteiger partial charge < -0.3 is 14.2 Å². The highest BCUT2D eigenvalue weighted by Gasteiger charge is 2.19. The SMILES string of the molecule is CC/C=C\C/C=C\CCCCC(=O)OC(COC(=O)CCCCCCCCCCC)COC(=O)CCCCCCCCCCCCC. The van der Waals surface area contributed by atoms with Crippen molar-refractivity contribution in [2.45, 2.75) is 207 Å². The second kappa shape index (κ2) is 36.7. The Labute approximate surface area is 290 Å². The molecular weight excluding hydrogens is 588 g/mol. The number of esters is 3. The molecule has 1 atom stereocenters. The monoisotopic (exact) mass is 663 g/mol. The first kappa shape index (κ1) is 44.9. The molecule has 0 fully saturated rings. The lowest BCUT2D eigenvalue weighted by atomic mass is 10.1. The van der Waals surface area contributed by atoms with Gasteiger partial charge in [0.05, 0.1) is 0 Å². The Bertz CT molecular complexity index is 774. The van der Waals surface area contributed by atoms with Gasteiger partial charge in [-0.05, 0) is 44.9 Å². The Hall–Kier alpha value is -2.11. The van der Waals surface area contributed by atoms with Crippen LogP contribution in [0, 0.1) is 0 Å². The quantitative estimate of drug-likeness (QED) is 0.0291. The molecule has 0 aromatic carbocycles. The fourth-order valence-corrected chi connectivity index (χ4v) is 5.48. The molecule has 0 saturated carbocycles. The van der Waals surface area contributed by atoms with Gasteiger partial charge >= 0.3 is 17.9 Å². The van der Waals surface area contributed by atoms with Gasteiger partial charge in [0, 0.05) is 19.3 Å². The maximum atomic E-state index is 12.6. The molecule has 0 aliphatic carbocycles. The Morgan fingerprint density at radius 2 is 0.830 bits per heavy atom. The van der Waals surface area contributed by atoms with E-state index in [9.17, 15) is 14.4 Å². The van der Waals surface area contributed by atoms with Crippen molar-refractivity contribution < 1.29 is 28.6 Å². The first-order chi connectivity index (χ1) is 23.0. The lowest BCUT2D eigenvalue weighted by molar-refractivity contribution is -0.167. The topological polar surface area (TPSA) is 78.9 Å². The van der Waals surface area contributed by atoms with Crippen LogP contribution in [0.4, 0.5) is 0 Å². The van der Waals surface area contributed by atoms with Gasteiger partial charge in [-0.2, -0.15) is 0 Å².